The molecule has 2 fully saturated rings. The fourth-order valence-corrected chi connectivity index (χ4v) is 5.76. The van der Waals surface area contributed by atoms with E-state index in [0.717, 1.165) is 5.56 Å². The van der Waals surface area contributed by atoms with Crippen molar-refractivity contribution in [3.63, 3.8) is 0 Å². The standard InChI is InChI=1S/C24H23FN6O5/c1-11-10-31-17-14(7-24(19(31)12(2)35-11)21(32)28-23(34)29-22(24)33)6-15-18(16(17)25)36-30-20(15)27-9-13-4-3-5-26-8-13/h3-6,8,11-12,19H,7,9-10H2,1-2H3,(H,27,30)(H2,28,29,32,33,34)/t11-,12+,19-/m0/s1. The number of benzene rings is 1. The fourth-order valence-electron chi connectivity index (χ4n) is 5.76. The maximum Gasteiger partial charge on any atom is 0.328 e. The Morgan fingerprint density at radius 3 is 2.75 bits per heavy atom. The van der Waals surface area contributed by atoms with E-state index in [2.05, 4.69) is 26.1 Å². The summed E-state index contributed by atoms with van der Waals surface area (Å²) >= 11 is 0. The van der Waals surface area contributed by atoms with Gasteiger partial charge in [0.05, 0.1) is 29.3 Å². The second-order valence-corrected chi connectivity index (χ2v) is 9.46. The molecule has 3 atom stereocenters. The van der Waals surface area contributed by atoms with Crippen molar-refractivity contribution < 1.29 is 28.0 Å². The highest BCUT2D eigenvalue weighted by Gasteiger charge is 2.63. The molecule has 36 heavy (non-hydrogen) atoms. The third-order valence-corrected chi connectivity index (χ3v) is 7.15. The molecule has 186 valence electrons. The number of carbonyl (C=O) groups excluding carboxylic acids is 3. The molecule has 0 aliphatic carbocycles. The maximum atomic E-state index is 16.1. The highest BCUT2D eigenvalue weighted by molar-refractivity contribution is 6.20. The number of rotatable bonds is 3. The number of imide groups is 2. The molecule has 11 nitrogen and oxygen atoms in total. The number of pyridine rings is 1. The van der Waals surface area contributed by atoms with Gasteiger partial charge in [0.2, 0.25) is 17.4 Å². The molecule has 4 amide bonds. The number of morpholine rings is 1. The largest absolute Gasteiger partial charge is 0.372 e. The summed E-state index contributed by atoms with van der Waals surface area (Å²) in [6, 6.07) is 3.66. The van der Waals surface area contributed by atoms with Crippen LogP contribution in [0.25, 0.3) is 11.0 Å². The van der Waals surface area contributed by atoms with E-state index in [1.807, 2.05) is 13.0 Å². The lowest BCUT2D eigenvalue weighted by Gasteiger charge is -2.55. The Balaban J connectivity index is 1.49. The summed E-state index contributed by atoms with van der Waals surface area (Å²) < 4.78 is 27.4. The number of aromatic nitrogens is 2. The van der Waals surface area contributed by atoms with Crippen molar-refractivity contribution in [3.05, 3.63) is 47.5 Å². The lowest BCUT2D eigenvalue weighted by atomic mass is 9.66. The van der Waals surface area contributed by atoms with E-state index in [9.17, 15) is 14.4 Å². The molecular weight excluding hydrogens is 471 g/mol. The Hall–Kier alpha value is -4.06. The van der Waals surface area contributed by atoms with Crippen molar-refractivity contribution >= 4 is 40.3 Å². The molecule has 3 aromatic rings. The summed E-state index contributed by atoms with van der Waals surface area (Å²) in [5.74, 6) is -1.77. The number of ether oxygens (including phenoxy) is 1. The van der Waals surface area contributed by atoms with Crippen molar-refractivity contribution in [2.24, 2.45) is 5.41 Å². The molecule has 2 saturated heterocycles. The van der Waals surface area contributed by atoms with Crippen LogP contribution in [-0.2, 0) is 27.3 Å². The molecule has 1 spiro atoms. The molecule has 5 heterocycles. The second kappa shape index (κ2) is 7.98. The molecule has 0 radical (unpaired) electrons. The van der Waals surface area contributed by atoms with Crippen LogP contribution in [0.5, 0.6) is 0 Å². The van der Waals surface area contributed by atoms with Crippen LogP contribution in [0, 0.1) is 11.2 Å². The highest BCUT2D eigenvalue weighted by Crippen LogP contribution is 2.49. The van der Waals surface area contributed by atoms with Gasteiger partial charge in [0.1, 0.15) is 0 Å². The van der Waals surface area contributed by atoms with E-state index in [1.54, 1.807) is 36.4 Å². The number of nitrogens with zero attached hydrogens (tertiary/aromatic N) is 3. The van der Waals surface area contributed by atoms with Crippen LogP contribution in [0.1, 0.15) is 25.0 Å². The summed E-state index contributed by atoms with van der Waals surface area (Å²) in [7, 11) is 0. The first kappa shape index (κ1) is 22.4. The van der Waals surface area contributed by atoms with E-state index < -0.39 is 41.2 Å². The zero-order chi connectivity index (χ0) is 25.2. The first-order valence-electron chi connectivity index (χ1n) is 11.6. The molecule has 0 bridgehead atoms. The summed E-state index contributed by atoms with van der Waals surface area (Å²) in [6.07, 6.45) is 2.34. The van der Waals surface area contributed by atoms with Gasteiger partial charge < -0.3 is 19.5 Å². The first-order valence-corrected chi connectivity index (χ1v) is 11.6. The molecule has 6 rings (SSSR count). The Morgan fingerprint density at radius 2 is 2.03 bits per heavy atom. The normalized spacial score (nSPS) is 24.8. The summed E-state index contributed by atoms with van der Waals surface area (Å²) in [5, 5.41) is 12.0. The molecule has 1 aromatic carbocycles. The number of carbonyl (C=O) groups is 3. The molecule has 2 aromatic heterocycles. The van der Waals surface area contributed by atoms with Gasteiger partial charge in [-0.2, -0.15) is 0 Å². The Kier molecular flexibility index (Phi) is 4.97. The predicted molar refractivity (Wildman–Crippen MR) is 124 cm³/mol. The zero-order valence-electron chi connectivity index (χ0n) is 19.5. The summed E-state index contributed by atoms with van der Waals surface area (Å²) in [5.41, 5.74) is -0.152. The van der Waals surface area contributed by atoms with E-state index in [-0.39, 0.29) is 30.3 Å². The van der Waals surface area contributed by atoms with E-state index in [4.69, 9.17) is 9.26 Å². The van der Waals surface area contributed by atoms with Gasteiger partial charge in [-0.3, -0.25) is 25.2 Å². The Labute approximate surface area is 204 Å². The van der Waals surface area contributed by atoms with Crippen LogP contribution in [0.4, 0.5) is 20.7 Å². The van der Waals surface area contributed by atoms with E-state index in [0.29, 0.717) is 23.3 Å². The summed E-state index contributed by atoms with van der Waals surface area (Å²) in [4.78, 5) is 44.2. The van der Waals surface area contributed by atoms with Gasteiger partial charge in [-0.1, -0.05) is 11.2 Å². The predicted octanol–water partition coefficient (Wildman–Crippen LogP) is 1.86. The van der Waals surface area contributed by atoms with Gasteiger partial charge in [0.15, 0.2) is 17.1 Å². The van der Waals surface area contributed by atoms with E-state index in [1.165, 1.54) is 0 Å². The number of halogens is 1. The van der Waals surface area contributed by atoms with Crippen LogP contribution >= 0.6 is 0 Å². The average Bonchev–Trinajstić information content (AvgIpc) is 3.24. The number of anilines is 2. The van der Waals surface area contributed by atoms with Crippen LogP contribution in [-0.4, -0.2) is 52.8 Å². The molecule has 3 aliphatic rings. The number of nitrogens with one attached hydrogen (secondary N) is 3. The lowest BCUT2D eigenvalue weighted by molar-refractivity contribution is -0.153. The molecular formula is C24H23FN6O5. The van der Waals surface area contributed by atoms with Gasteiger partial charge in [-0.25, -0.2) is 9.18 Å². The first-order chi connectivity index (χ1) is 17.3. The maximum absolute atomic E-state index is 16.1. The molecule has 12 heteroatoms. The fraction of sp³-hybridized carbons (Fsp3) is 0.375. The topological polar surface area (TPSA) is 139 Å². The number of hydrogen-bond acceptors (Lipinski definition) is 9. The third kappa shape index (κ3) is 3.17. The van der Waals surface area contributed by atoms with Crippen LogP contribution in [0.3, 0.4) is 0 Å². The van der Waals surface area contributed by atoms with Crippen LogP contribution in [0.15, 0.2) is 35.1 Å². The number of urea groups is 1. The summed E-state index contributed by atoms with van der Waals surface area (Å²) in [6.45, 7) is 4.19. The van der Waals surface area contributed by atoms with Crippen LogP contribution in [0.2, 0.25) is 0 Å². The van der Waals surface area contributed by atoms with E-state index >= 15 is 4.39 Å². The lowest BCUT2D eigenvalue weighted by Crippen LogP contribution is -2.75. The number of amides is 4. The van der Waals surface area contributed by atoms with Gasteiger partial charge >= 0.3 is 6.03 Å². The van der Waals surface area contributed by atoms with Crippen molar-refractivity contribution in [2.75, 3.05) is 16.8 Å². The average molecular weight is 494 g/mol. The molecule has 0 saturated carbocycles. The zero-order valence-corrected chi connectivity index (χ0v) is 19.5. The van der Waals surface area contributed by atoms with Crippen molar-refractivity contribution in [1.29, 1.82) is 0 Å². The second-order valence-electron chi connectivity index (χ2n) is 9.46. The Bertz CT molecular complexity index is 1390. The minimum atomic E-state index is -1.69. The van der Waals surface area contributed by atoms with Gasteiger partial charge in [-0.05, 0) is 37.1 Å². The SMILES string of the molecule is C[C@H]1CN2c3c(cc4c(NCc5cccnc5)noc4c3F)CC3(C(=O)NC(=O)NC3=O)[C@@H]2[C@@H](C)O1. The van der Waals surface area contributed by atoms with Crippen LogP contribution < -0.4 is 20.9 Å². The van der Waals surface area contributed by atoms with Crippen molar-refractivity contribution in [2.45, 2.75) is 45.1 Å². The molecule has 3 N–H and O–H groups in total. The van der Waals surface area contributed by atoms with Gasteiger partial charge in [-0.15, -0.1) is 0 Å². The Morgan fingerprint density at radius 1 is 1.25 bits per heavy atom. The van der Waals surface area contributed by atoms with Crippen molar-refractivity contribution in [1.82, 2.24) is 20.8 Å². The number of hydrogen-bond donors (Lipinski definition) is 3. The minimum Gasteiger partial charge on any atom is -0.372 e. The van der Waals surface area contributed by atoms with Gasteiger partial charge in [0.25, 0.3) is 0 Å². The number of barbiturate groups is 1. The minimum absolute atomic E-state index is 0.0309. The quantitative estimate of drug-likeness (QED) is 0.466. The number of fused-ring (bicyclic) bond motifs is 5. The molecule has 3 aliphatic heterocycles. The monoisotopic (exact) mass is 494 g/mol. The molecule has 0 unspecified atom stereocenters. The third-order valence-electron chi connectivity index (χ3n) is 7.15. The smallest absolute Gasteiger partial charge is 0.328 e. The highest BCUT2D eigenvalue weighted by atomic mass is 19.1. The van der Waals surface area contributed by atoms with Crippen molar-refractivity contribution in [3.8, 4) is 0 Å². The van der Waals surface area contributed by atoms with Gasteiger partial charge in [0, 0.05) is 31.9 Å².